The van der Waals surface area contributed by atoms with Crippen LogP contribution < -0.4 is 5.32 Å². The number of nitriles is 1. The minimum Gasteiger partial charge on any atom is -0.351 e. The second-order valence-electron chi connectivity index (χ2n) is 3.42. The minimum atomic E-state index is -0.300. The lowest BCUT2D eigenvalue weighted by Gasteiger charge is -2.01. The summed E-state index contributed by atoms with van der Waals surface area (Å²) < 4.78 is 0.979. The lowest BCUT2D eigenvalue weighted by molar-refractivity contribution is -0.117. The molecule has 0 bridgehead atoms. The maximum Gasteiger partial charge on any atom is 0.261 e. The first kappa shape index (κ1) is 13.9. The Bertz CT molecular complexity index is 459. The van der Waals surface area contributed by atoms with Gasteiger partial charge in [0.2, 0.25) is 0 Å². The van der Waals surface area contributed by atoms with Crippen LogP contribution in [0.25, 0.3) is 6.08 Å². The molecule has 0 aliphatic rings. The Hall–Kier alpha value is -1.12. The highest BCUT2D eigenvalue weighted by Crippen LogP contribution is 2.23. The molecule has 1 N–H and O–H groups in total. The molecule has 3 nitrogen and oxygen atoms in total. The second-order valence-corrected chi connectivity index (χ2v) is 5.92. The van der Waals surface area contributed by atoms with Gasteiger partial charge < -0.3 is 5.32 Å². The zero-order chi connectivity index (χ0) is 12.7. The van der Waals surface area contributed by atoms with E-state index in [-0.39, 0.29) is 11.5 Å². The quantitative estimate of drug-likeness (QED) is 0.515. The van der Waals surface area contributed by atoms with Gasteiger partial charge in [-0.3, -0.25) is 4.79 Å². The van der Waals surface area contributed by atoms with E-state index >= 15 is 0 Å². The van der Waals surface area contributed by atoms with Crippen molar-refractivity contribution in [3.63, 3.8) is 0 Å². The molecule has 0 radical (unpaired) electrons. The third kappa shape index (κ3) is 4.72. The number of hydrogen-bond donors (Lipinski definition) is 1. The van der Waals surface area contributed by atoms with Crippen molar-refractivity contribution in [1.29, 1.82) is 5.26 Å². The van der Waals surface area contributed by atoms with E-state index in [9.17, 15) is 4.79 Å². The molecule has 0 saturated carbocycles. The van der Waals surface area contributed by atoms with Gasteiger partial charge in [0.15, 0.2) is 0 Å². The van der Waals surface area contributed by atoms with E-state index < -0.39 is 0 Å². The molecule has 0 aromatic carbocycles. The molecule has 1 heterocycles. The van der Waals surface area contributed by atoms with Gasteiger partial charge in [-0.1, -0.05) is 13.3 Å². The molecule has 0 saturated heterocycles. The number of thiophene rings is 1. The molecule has 90 valence electrons. The average molecular weight is 313 g/mol. The van der Waals surface area contributed by atoms with Crippen molar-refractivity contribution >= 4 is 39.2 Å². The summed E-state index contributed by atoms with van der Waals surface area (Å²) in [6.07, 6.45) is 3.55. The number of unbranched alkanes of at least 4 members (excludes halogenated alkanes) is 1. The number of carbonyl (C=O) groups excluding carboxylic acids is 1. The van der Waals surface area contributed by atoms with Crippen LogP contribution in [0.5, 0.6) is 0 Å². The predicted octanol–water partition coefficient (Wildman–Crippen LogP) is 3.33. The fraction of sp³-hybridized carbons (Fsp3) is 0.333. The van der Waals surface area contributed by atoms with Gasteiger partial charge in [0.05, 0.1) is 3.79 Å². The summed E-state index contributed by atoms with van der Waals surface area (Å²) in [4.78, 5) is 12.5. The van der Waals surface area contributed by atoms with Crippen LogP contribution >= 0.6 is 27.3 Å². The van der Waals surface area contributed by atoms with Gasteiger partial charge >= 0.3 is 0 Å². The number of rotatable bonds is 5. The van der Waals surface area contributed by atoms with Gasteiger partial charge in [-0.05, 0) is 40.6 Å². The molecular weight excluding hydrogens is 300 g/mol. The smallest absolute Gasteiger partial charge is 0.261 e. The normalized spacial score (nSPS) is 11.0. The Morgan fingerprint density at radius 1 is 1.65 bits per heavy atom. The molecule has 0 spiro atoms. The van der Waals surface area contributed by atoms with E-state index in [4.69, 9.17) is 5.26 Å². The van der Waals surface area contributed by atoms with E-state index in [1.807, 2.05) is 18.2 Å². The van der Waals surface area contributed by atoms with Crippen molar-refractivity contribution in [2.24, 2.45) is 0 Å². The van der Waals surface area contributed by atoms with Gasteiger partial charge in [0, 0.05) is 11.4 Å². The van der Waals surface area contributed by atoms with Crippen molar-refractivity contribution in [2.75, 3.05) is 6.54 Å². The summed E-state index contributed by atoms with van der Waals surface area (Å²) in [5, 5.41) is 11.7. The highest BCUT2D eigenvalue weighted by Gasteiger charge is 2.08. The van der Waals surface area contributed by atoms with Crippen LogP contribution in [-0.2, 0) is 4.79 Å². The van der Waals surface area contributed by atoms with E-state index in [0.717, 1.165) is 21.5 Å². The predicted molar refractivity (Wildman–Crippen MR) is 73.5 cm³/mol. The van der Waals surface area contributed by atoms with Gasteiger partial charge in [0.1, 0.15) is 11.6 Å². The lowest BCUT2D eigenvalue weighted by Crippen LogP contribution is -2.25. The molecule has 0 fully saturated rings. The van der Waals surface area contributed by atoms with Gasteiger partial charge in [-0.2, -0.15) is 5.26 Å². The lowest BCUT2D eigenvalue weighted by atomic mass is 10.2. The van der Waals surface area contributed by atoms with Crippen LogP contribution in [0.3, 0.4) is 0 Å². The first-order valence-corrected chi connectivity index (χ1v) is 6.93. The molecule has 0 aliphatic heterocycles. The number of amides is 1. The van der Waals surface area contributed by atoms with Crippen LogP contribution in [-0.4, -0.2) is 12.5 Å². The van der Waals surface area contributed by atoms with Crippen molar-refractivity contribution in [1.82, 2.24) is 5.32 Å². The molecule has 1 aromatic heterocycles. The van der Waals surface area contributed by atoms with E-state index in [2.05, 4.69) is 28.2 Å². The summed E-state index contributed by atoms with van der Waals surface area (Å²) in [6, 6.07) is 5.68. The fourth-order valence-corrected chi connectivity index (χ4v) is 2.54. The number of nitrogens with zero attached hydrogens (tertiary/aromatic N) is 1. The van der Waals surface area contributed by atoms with Crippen LogP contribution in [0.4, 0.5) is 0 Å². The second kappa shape index (κ2) is 7.25. The largest absolute Gasteiger partial charge is 0.351 e. The minimum absolute atomic E-state index is 0.149. The summed E-state index contributed by atoms with van der Waals surface area (Å²) in [6.45, 7) is 2.67. The summed E-state index contributed by atoms with van der Waals surface area (Å²) in [5.41, 5.74) is 0.149. The maximum atomic E-state index is 11.7. The van der Waals surface area contributed by atoms with E-state index in [1.165, 1.54) is 11.3 Å². The Morgan fingerprint density at radius 3 is 2.94 bits per heavy atom. The summed E-state index contributed by atoms with van der Waals surface area (Å²) >= 11 is 4.82. The van der Waals surface area contributed by atoms with Crippen LogP contribution in [0.1, 0.15) is 24.6 Å². The number of carbonyl (C=O) groups is 1. The maximum absolute atomic E-state index is 11.7. The molecule has 0 atom stereocenters. The Balaban J connectivity index is 2.68. The highest BCUT2D eigenvalue weighted by molar-refractivity contribution is 9.11. The highest BCUT2D eigenvalue weighted by atomic mass is 79.9. The standard InChI is InChI=1S/C12H13BrN2OS/c1-2-3-6-15-12(16)9(8-14)7-10-4-5-11(13)17-10/h4-5,7H,2-3,6H2,1H3,(H,15,16)/b9-7+. The van der Waals surface area contributed by atoms with Gasteiger partial charge in [-0.15, -0.1) is 11.3 Å². The van der Waals surface area contributed by atoms with Crippen molar-refractivity contribution in [3.05, 3.63) is 26.4 Å². The molecule has 1 amide bonds. The van der Waals surface area contributed by atoms with Crippen LogP contribution in [0.15, 0.2) is 21.5 Å². The topological polar surface area (TPSA) is 52.9 Å². The van der Waals surface area contributed by atoms with Crippen molar-refractivity contribution in [3.8, 4) is 6.07 Å². The van der Waals surface area contributed by atoms with E-state index in [1.54, 1.807) is 6.08 Å². The zero-order valence-electron chi connectivity index (χ0n) is 9.50. The first-order valence-electron chi connectivity index (χ1n) is 5.32. The third-order valence-corrected chi connectivity index (χ3v) is 3.63. The monoisotopic (exact) mass is 312 g/mol. The van der Waals surface area contributed by atoms with Gasteiger partial charge in [0.25, 0.3) is 5.91 Å². The molecule has 5 heteroatoms. The summed E-state index contributed by atoms with van der Waals surface area (Å²) in [7, 11) is 0. The first-order chi connectivity index (χ1) is 8.17. The molecule has 0 unspecified atom stereocenters. The number of nitrogens with one attached hydrogen (secondary N) is 1. The molecule has 17 heavy (non-hydrogen) atoms. The SMILES string of the molecule is CCCCNC(=O)/C(C#N)=C/c1ccc(Br)s1. The molecule has 0 aliphatic carbocycles. The zero-order valence-corrected chi connectivity index (χ0v) is 11.9. The number of hydrogen-bond acceptors (Lipinski definition) is 3. The van der Waals surface area contributed by atoms with Crippen LogP contribution in [0.2, 0.25) is 0 Å². The van der Waals surface area contributed by atoms with Gasteiger partial charge in [-0.25, -0.2) is 0 Å². The molecular formula is C12H13BrN2OS. The molecule has 1 aromatic rings. The number of halogens is 1. The van der Waals surface area contributed by atoms with E-state index in [0.29, 0.717) is 6.54 Å². The van der Waals surface area contributed by atoms with Crippen molar-refractivity contribution in [2.45, 2.75) is 19.8 Å². The third-order valence-electron chi connectivity index (χ3n) is 2.06. The Kier molecular flexibility index (Phi) is 5.95. The Morgan fingerprint density at radius 2 is 2.41 bits per heavy atom. The van der Waals surface area contributed by atoms with Crippen molar-refractivity contribution < 1.29 is 4.79 Å². The van der Waals surface area contributed by atoms with Crippen LogP contribution in [0, 0.1) is 11.3 Å². The Labute approximate surface area is 113 Å². The molecule has 1 rings (SSSR count). The summed E-state index contributed by atoms with van der Waals surface area (Å²) in [5.74, 6) is -0.300. The fourth-order valence-electron chi connectivity index (χ4n) is 1.17. The average Bonchev–Trinajstić information content (AvgIpc) is 2.72.